The fourth-order valence-corrected chi connectivity index (χ4v) is 5.27. The molecule has 35 heavy (non-hydrogen) atoms. The number of benzene rings is 2. The average Bonchev–Trinajstić information content (AvgIpc) is 3.61. The number of rotatable bonds is 8. The average molecular weight is 567 g/mol. The number of aromatic nitrogens is 4. The van der Waals surface area contributed by atoms with Gasteiger partial charge in [0, 0.05) is 27.7 Å². The molecule has 0 atom stereocenters. The van der Waals surface area contributed by atoms with Gasteiger partial charge >= 0.3 is 0 Å². The van der Waals surface area contributed by atoms with Gasteiger partial charge in [0.05, 0.1) is 12.0 Å². The lowest BCUT2D eigenvalue weighted by Gasteiger charge is -2.09. The normalized spacial score (nSPS) is 11.0. The van der Waals surface area contributed by atoms with E-state index in [9.17, 15) is 4.79 Å². The molecule has 0 saturated carbocycles. The molecule has 10 heteroatoms. The third-order valence-electron chi connectivity index (χ3n) is 5.09. The third kappa shape index (κ3) is 5.72. The van der Waals surface area contributed by atoms with Crippen LogP contribution in [0.25, 0.3) is 17.3 Å². The second-order valence-corrected chi connectivity index (χ2v) is 10.7. The molecule has 1 N–H and O–H groups in total. The van der Waals surface area contributed by atoms with Crippen LogP contribution in [0.2, 0.25) is 0 Å². The lowest BCUT2D eigenvalue weighted by atomic mass is 10.1. The number of thioether (sulfide) groups is 1. The van der Waals surface area contributed by atoms with Crippen molar-refractivity contribution in [3.05, 3.63) is 93.6 Å². The van der Waals surface area contributed by atoms with Gasteiger partial charge in [-0.2, -0.15) is 0 Å². The first kappa shape index (κ1) is 23.5. The maximum Gasteiger partial charge on any atom is 0.236 e. The van der Waals surface area contributed by atoms with Gasteiger partial charge in [0.1, 0.15) is 0 Å². The monoisotopic (exact) mass is 565 g/mol. The van der Waals surface area contributed by atoms with Crippen LogP contribution in [0.3, 0.4) is 0 Å². The molecule has 5 rings (SSSR count). The molecule has 5 aromatic rings. The minimum Gasteiger partial charge on any atom is -0.461 e. The van der Waals surface area contributed by atoms with Crippen LogP contribution in [0.1, 0.15) is 16.0 Å². The fraction of sp³-hybridized carbons (Fsp3) is 0.120. The van der Waals surface area contributed by atoms with Crippen molar-refractivity contribution in [3.8, 4) is 17.3 Å². The van der Waals surface area contributed by atoms with Gasteiger partial charge in [0.15, 0.2) is 16.0 Å². The summed E-state index contributed by atoms with van der Waals surface area (Å²) in [6.07, 6.45) is 4.17. The highest BCUT2D eigenvalue weighted by molar-refractivity contribution is 9.10. The Morgan fingerprint density at radius 1 is 1.11 bits per heavy atom. The molecule has 0 radical (unpaired) electrons. The minimum absolute atomic E-state index is 0.155. The zero-order valence-corrected chi connectivity index (χ0v) is 21.9. The summed E-state index contributed by atoms with van der Waals surface area (Å²) < 4.78 is 8.50. The summed E-state index contributed by atoms with van der Waals surface area (Å²) in [6, 6.07) is 19.9. The van der Waals surface area contributed by atoms with Crippen molar-refractivity contribution < 1.29 is 9.21 Å². The van der Waals surface area contributed by atoms with Crippen molar-refractivity contribution in [1.82, 2.24) is 19.7 Å². The molecule has 0 saturated heterocycles. The smallest absolute Gasteiger partial charge is 0.236 e. The maximum absolute atomic E-state index is 12.7. The largest absolute Gasteiger partial charge is 0.461 e. The van der Waals surface area contributed by atoms with Gasteiger partial charge in [-0.3, -0.25) is 9.36 Å². The summed E-state index contributed by atoms with van der Waals surface area (Å²) in [5.41, 5.74) is 3.23. The number of hydrogen-bond acceptors (Lipinski definition) is 7. The van der Waals surface area contributed by atoms with E-state index < -0.39 is 0 Å². The predicted molar refractivity (Wildman–Crippen MR) is 142 cm³/mol. The number of nitrogens with zero attached hydrogens (tertiary/aromatic N) is 4. The standard InChI is InChI=1S/C25H20BrN5O2S2/c1-16-4-10-19(11-5-16)31-23(21-3-2-12-33-21)29-30-25(31)34-15-22(32)28-24-27-14-20(35-24)13-17-6-8-18(26)9-7-17/h2-12,14H,13,15H2,1H3,(H,27,28,32). The van der Waals surface area contributed by atoms with Gasteiger partial charge in [-0.25, -0.2) is 4.98 Å². The molecule has 1 amide bonds. The first-order valence-corrected chi connectivity index (χ1v) is 13.3. The Bertz CT molecular complexity index is 1430. The van der Waals surface area contributed by atoms with E-state index in [-0.39, 0.29) is 11.7 Å². The van der Waals surface area contributed by atoms with Gasteiger partial charge in [0.25, 0.3) is 0 Å². The molecule has 0 aliphatic rings. The van der Waals surface area contributed by atoms with Crippen LogP contribution in [0.5, 0.6) is 0 Å². The summed E-state index contributed by atoms with van der Waals surface area (Å²) in [5, 5.41) is 12.7. The molecule has 3 aromatic heterocycles. The van der Waals surface area contributed by atoms with Crippen molar-refractivity contribution in [2.24, 2.45) is 0 Å². The van der Waals surface area contributed by atoms with E-state index >= 15 is 0 Å². The topological polar surface area (TPSA) is 85.8 Å². The third-order valence-corrected chi connectivity index (χ3v) is 7.46. The number of thiazole rings is 1. The molecule has 176 valence electrons. The first-order chi connectivity index (χ1) is 17.0. The minimum atomic E-state index is -0.155. The number of hydrogen-bond donors (Lipinski definition) is 1. The van der Waals surface area contributed by atoms with Gasteiger partial charge in [0.2, 0.25) is 11.7 Å². The van der Waals surface area contributed by atoms with Crippen LogP contribution < -0.4 is 5.32 Å². The Hall–Kier alpha value is -3.21. The Labute approximate surface area is 218 Å². The van der Waals surface area contributed by atoms with E-state index in [2.05, 4.69) is 48.6 Å². The number of anilines is 1. The second-order valence-electron chi connectivity index (χ2n) is 7.73. The fourth-order valence-electron chi connectivity index (χ4n) is 3.39. The molecular formula is C25H20BrN5O2S2. The number of carbonyl (C=O) groups is 1. The summed E-state index contributed by atoms with van der Waals surface area (Å²) >= 11 is 6.24. The maximum atomic E-state index is 12.7. The van der Waals surface area contributed by atoms with E-state index in [1.165, 1.54) is 28.7 Å². The van der Waals surface area contributed by atoms with E-state index in [0.29, 0.717) is 21.9 Å². The van der Waals surface area contributed by atoms with E-state index in [0.717, 1.165) is 27.0 Å². The Morgan fingerprint density at radius 2 is 1.91 bits per heavy atom. The quantitative estimate of drug-likeness (QED) is 0.220. The second kappa shape index (κ2) is 10.6. The summed E-state index contributed by atoms with van der Waals surface area (Å²) in [4.78, 5) is 18.1. The van der Waals surface area contributed by atoms with Crippen LogP contribution in [0.4, 0.5) is 5.13 Å². The predicted octanol–water partition coefficient (Wildman–Crippen LogP) is 6.38. The van der Waals surface area contributed by atoms with Crippen LogP contribution in [-0.2, 0) is 11.2 Å². The van der Waals surface area contributed by atoms with E-state index in [1.807, 2.05) is 60.0 Å². The van der Waals surface area contributed by atoms with Crippen molar-refractivity contribution >= 4 is 50.1 Å². The van der Waals surface area contributed by atoms with Crippen molar-refractivity contribution in [2.45, 2.75) is 18.5 Å². The Balaban J connectivity index is 1.27. The van der Waals surface area contributed by atoms with Gasteiger partial charge < -0.3 is 9.73 Å². The Morgan fingerprint density at radius 3 is 2.66 bits per heavy atom. The highest BCUT2D eigenvalue weighted by Crippen LogP contribution is 2.29. The number of nitrogens with one attached hydrogen (secondary N) is 1. The number of amides is 1. The summed E-state index contributed by atoms with van der Waals surface area (Å²) in [7, 11) is 0. The molecule has 7 nitrogen and oxygen atoms in total. The summed E-state index contributed by atoms with van der Waals surface area (Å²) in [5.74, 6) is 1.20. The van der Waals surface area contributed by atoms with Gasteiger partial charge in [-0.1, -0.05) is 57.5 Å². The van der Waals surface area contributed by atoms with E-state index in [1.54, 1.807) is 12.5 Å². The van der Waals surface area contributed by atoms with Crippen LogP contribution in [0.15, 0.2) is 87.2 Å². The molecule has 0 aliphatic heterocycles. The van der Waals surface area contributed by atoms with Crippen molar-refractivity contribution in [3.63, 3.8) is 0 Å². The Kier molecular flexibility index (Phi) is 7.12. The lowest BCUT2D eigenvalue weighted by molar-refractivity contribution is -0.113. The number of furan rings is 1. The molecule has 0 aliphatic carbocycles. The summed E-state index contributed by atoms with van der Waals surface area (Å²) in [6.45, 7) is 2.03. The molecule has 0 unspecified atom stereocenters. The zero-order valence-electron chi connectivity index (χ0n) is 18.6. The van der Waals surface area contributed by atoms with E-state index in [4.69, 9.17) is 4.42 Å². The van der Waals surface area contributed by atoms with Crippen molar-refractivity contribution in [2.75, 3.05) is 11.1 Å². The van der Waals surface area contributed by atoms with Crippen LogP contribution in [0, 0.1) is 6.92 Å². The zero-order chi connectivity index (χ0) is 24.2. The van der Waals surface area contributed by atoms with Crippen molar-refractivity contribution in [1.29, 1.82) is 0 Å². The highest BCUT2D eigenvalue weighted by atomic mass is 79.9. The number of carbonyl (C=O) groups excluding carboxylic acids is 1. The molecule has 3 heterocycles. The van der Waals surface area contributed by atoms with Gasteiger partial charge in [-0.05, 0) is 48.9 Å². The number of aryl methyl sites for hydroxylation is 1. The van der Waals surface area contributed by atoms with Gasteiger partial charge in [-0.15, -0.1) is 21.5 Å². The SMILES string of the molecule is Cc1ccc(-n2c(SCC(=O)Nc3ncc(Cc4ccc(Br)cc4)s3)nnc2-c2ccco2)cc1. The van der Waals surface area contributed by atoms with Crippen LogP contribution >= 0.6 is 39.0 Å². The molecule has 0 spiro atoms. The highest BCUT2D eigenvalue weighted by Gasteiger charge is 2.19. The molecular weight excluding hydrogens is 546 g/mol. The lowest BCUT2D eigenvalue weighted by Crippen LogP contribution is -2.14. The molecule has 0 bridgehead atoms. The molecule has 2 aromatic carbocycles. The first-order valence-electron chi connectivity index (χ1n) is 10.7. The molecule has 0 fully saturated rings. The number of halogens is 1. The van der Waals surface area contributed by atoms with Crippen LogP contribution in [-0.4, -0.2) is 31.4 Å².